The topological polar surface area (TPSA) is 79.9 Å². The van der Waals surface area contributed by atoms with E-state index in [-0.39, 0.29) is 23.3 Å². The van der Waals surface area contributed by atoms with Gasteiger partial charge in [0.2, 0.25) is 0 Å². The van der Waals surface area contributed by atoms with E-state index < -0.39 is 17.9 Å². The summed E-state index contributed by atoms with van der Waals surface area (Å²) in [4.78, 5) is 25.6. The van der Waals surface area contributed by atoms with Crippen LogP contribution in [0.5, 0.6) is 11.5 Å². The minimum absolute atomic E-state index is 0.0237. The Bertz CT molecular complexity index is 764. The van der Waals surface area contributed by atoms with Crippen molar-refractivity contribution >= 4 is 11.9 Å². The van der Waals surface area contributed by atoms with E-state index in [1.165, 1.54) is 6.07 Å². The van der Waals surface area contributed by atoms with Crippen molar-refractivity contribution in [3.63, 3.8) is 0 Å². The van der Waals surface area contributed by atoms with Crippen molar-refractivity contribution < 1.29 is 27.8 Å². The summed E-state index contributed by atoms with van der Waals surface area (Å²) in [7, 11) is 0. The second kappa shape index (κ2) is 5.80. The number of hydrogen-bond donors (Lipinski definition) is 2. The van der Waals surface area contributed by atoms with Gasteiger partial charge in [-0.3, -0.25) is 15.0 Å². The molecule has 9 heteroatoms. The molecule has 26 heavy (non-hydrogen) atoms. The Balaban J connectivity index is 1.41. The predicted molar refractivity (Wildman–Crippen MR) is 85.7 cm³/mol. The van der Waals surface area contributed by atoms with Gasteiger partial charge in [-0.25, -0.2) is 4.79 Å². The van der Waals surface area contributed by atoms with Gasteiger partial charge in [-0.05, 0) is 44.8 Å². The van der Waals surface area contributed by atoms with Crippen molar-refractivity contribution in [2.24, 2.45) is 5.92 Å². The molecule has 1 aromatic carbocycles. The molecule has 3 heterocycles. The Morgan fingerprint density at radius 2 is 1.96 bits per heavy atom. The Hall–Kier alpha value is -2.42. The number of imide groups is 1. The summed E-state index contributed by atoms with van der Waals surface area (Å²) in [5, 5.41) is 5.01. The Kier molecular flexibility index (Phi) is 3.80. The number of hydrogen-bond acceptors (Lipinski definition) is 5. The van der Waals surface area contributed by atoms with E-state index in [9.17, 15) is 18.4 Å². The van der Waals surface area contributed by atoms with Crippen LogP contribution in [-0.4, -0.2) is 41.8 Å². The van der Waals surface area contributed by atoms with E-state index in [1.807, 2.05) is 0 Å². The van der Waals surface area contributed by atoms with Gasteiger partial charge in [-0.2, -0.15) is 0 Å². The molecule has 0 unspecified atom stereocenters. The third kappa shape index (κ3) is 2.86. The molecule has 0 bridgehead atoms. The number of halogens is 2. The highest BCUT2D eigenvalue weighted by Crippen LogP contribution is 2.43. The van der Waals surface area contributed by atoms with Gasteiger partial charge in [0, 0.05) is 12.1 Å². The maximum Gasteiger partial charge on any atom is 0.586 e. The monoisotopic (exact) mass is 367 g/mol. The highest BCUT2D eigenvalue weighted by atomic mass is 19.3. The number of alkyl halides is 2. The molecule has 140 valence electrons. The van der Waals surface area contributed by atoms with Crippen LogP contribution >= 0.6 is 0 Å². The molecular formula is C17H19F2N3O4. The van der Waals surface area contributed by atoms with E-state index >= 15 is 0 Å². The highest BCUT2D eigenvalue weighted by molar-refractivity contribution is 6.06. The maximum atomic E-state index is 13.3. The molecule has 4 rings (SSSR count). The van der Waals surface area contributed by atoms with Crippen LogP contribution in [0.2, 0.25) is 0 Å². The quantitative estimate of drug-likeness (QED) is 0.797. The van der Waals surface area contributed by atoms with Crippen molar-refractivity contribution in [2.45, 2.75) is 38.1 Å². The summed E-state index contributed by atoms with van der Waals surface area (Å²) in [6, 6.07) is 4.39. The van der Waals surface area contributed by atoms with E-state index in [0.29, 0.717) is 38.0 Å². The Morgan fingerprint density at radius 1 is 1.23 bits per heavy atom. The fraction of sp³-hybridized carbons (Fsp3) is 0.529. The molecule has 3 aliphatic heterocycles. The van der Waals surface area contributed by atoms with Crippen molar-refractivity contribution in [1.29, 1.82) is 0 Å². The molecule has 2 saturated heterocycles. The second-order valence-corrected chi connectivity index (χ2v) is 7.07. The SMILES string of the molecule is C[C@]1(C2CCN(Cc3cccc4c3OC(F)(F)O4)CC2)NC(=O)NC1=O. The molecule has 0 aromatic heterocycles. The molecular weight excluding hydrogens is 348 g/mol. The van der Waals surface area contributed by atoms with Crippen LogP contribution in [0.3, 0.4) is 0 Å². The fourth-order valence-corrected chi connectivity index (χ4v) is 3.90. The van der Waals surface area contributed by atoms with Crippen LogP contribution in [0.25, 0.3) is 0 Å². The second-order valence-electron chi connectivity index (χ2n) is 7.07. The van der Waals surface area contributed by atoms with Gasteiger partial charge in [0.1, 0.15) is 5.54 Å². The molecule has 0 radical (unpaired) electrons. The minimum Gasteiger partial charge on any atom is -0.395 e. The number of likely N-dealkylation sites (tertiary alicyclic amines) is 1. The summed E-state index contributed by atoms with van der Waals surface area (Å²) in [6.07, 6.45) is -2.20. The standard InChI is InChI=1S/C17H19F2N3O4/c1-16(14(23)20-15(24)21-16)11-5-7-22(8-6-11)9-10-3-2-4-12-13(10)26-17(18,19)25-12/h2-4,11H,5-9H2,1H3,(H2,20,21,23,24)/t16-/m1/s1. The first-order valence-corrected chi connectivity index (χ1v) is 8.50. The first kappa shape index (κ1) is 17.0. The third-order valence-corrected chi connectivity index (χ3v) is 5.38. The number of benzene rings is 1. The molecule has 1 atom stereocenters. The molecule has 3 amide bonds. The lowest BCUT2D eigenvalue weighted by Crippen LogP contribution is -2.53. The minimum atomic E-state index is -3.63. The van der Waals surface area contributed by atoms with Gasteiger partial charge in [-0.15, -0.1) is 8.78 Å². The van der Waals surface area contributed by atoms with Gasteiger partial charge >= 0.3 is 12.3 Å². The lowest BCUT2D eigenvalue weighted by Gasteiger charge is -2.38. The van der Waals surface area contributed by atoms with E-state index in [1.54, 1.807) is 19.1 Å². The Morgan fingerprint density at radius 3 is 2.62 bits per heavy atom. The zero-order valence-corrected chi connectivity index (χ0v) is 14.2. The van der Waals surface area contributed by atoms with Crippen LogP contribution in [0.15, 0.2) is 18.2 Å². The number of para-hydroxylation sites is 1. The summed E-state index contributed by atoms with van der Waals surface area (Å²) in [6.45, 7) is 3.56. The van der Waals surface area contributed by atoms with E-state index in [4.69, 9.17) is 0 Å². The average Bonchev–Trinajstić information content (AvgIpc) is 3.03. The lowest BCUT2D eigenvalue weighted by molar-refractivity contribution is -0.287. The molecule has 1 aromatic rings. The number of rotatable bonds is 3. The van der Waals surface area contributed by atoms with Gasteiger partial charge in [0.15, 0.2) is 11.5 Å². The number of carbonyl (C=O) groups excluding carboxylic acids is 2. The molecule has 0 saturated carbocycles. The van der Waals surface area contributed by atoms with Gasteiger partial charge < -0.3 is 14.8 Å². The lowest BCUT2D eigenvalue weighted by atomic mass is 9.79. The largest absolute Gasteiger partial charge is 0.586 e. The number of ether oxygens (including phenoxy) is 2. The number of amides is 3. The van der Waals surface area contributed by atoms with Crippen LogP contribution < -0.4 is 20.1 Å². The van der Waals surface area contributed by atoms with Crippen molar-refractivity contribution in [3.05, 3.63) is 23.8 Å². The van der Waals surface area contributed by atoms with Crippen molar-refractivity contribution in [3.8, 4) is 11.5 Å². The number of nitrogens with zero attached hydrogens (tertiary/aromatic N) is 1. The van der Waals surface area contributed by atoms with Crippen LogP contribution in [0, 0.1) is 5.92 Å². The highest BCUT2D eigenvalue weighted by Gasteiger charge is 2.49. The molecule has 7 nitrogen and oxygen atoms in total. The zero-order chi connectivity index (χ0) is 18.5. The summed E-state index contributed by atoms with van der Waals surface area (Å²) in [5.74, 6) is -0.153. The zero-order valence-electron chi connectivity index (χ0n) is 14.2. The number of urea groups is 1. The number of piperidine rings is 1. The number of fused-ring (bicyclic) bond motifs is 1. The predicted octanol–water partition coefficient (Wildman–Crippen LogP) is 1.82. The van der Waals surface area contributed by atoms with Crippen molar-refractivity contribution in [1.82, 2.24) is 15.5 Å². The van der Waals surface area contributed by atoms with Crippen LogP contribution in [0.1, 0.15) is 25.3 Å². The summed E-state index contributed by atoms with van der Waals surface area (Å²) >= 11 is 0. The summed E-state index contributed by atoms with van der Waals surface area (Å²) < 4.78 is 35.7. The van der Waals surface area contributed by atoms with Gasteiger partial charge in [0.25, 0.3) is 5.91 Å². The van der Waals surface area contributed by atoms with E-state index in [2.05, 4.69) is 25.0 Å². The molecule has 2 N–H and O–H groups in total. The Labute approximate surface area is 148 Å². The average molecular weight is 367 g/mol. The normalized spacial score (nSPS) is 28.1. The third-order valence-electron chi connectivity index (χ3n) is 5.38. The molecule has 3 aliphatic rings. The number of nitrogens with one attached hydrogen (secondary N) is 2. The van der Waals surface area contributed by atoms with Crippen LogP contribution in [-0.2, 0) is 11.3 Å². The molecule has 0 spiro atoms. The van der Waals surface area contributed by atoms with Gasteiger partial charge in [-0.1, -0.05) is 12.1 Å². The van der Waals surface area contributed by atoms with E-state index in [0.717, 1.165) is 0 Å². The smallest absolute Gasteiger partial charge is 0.395 e. The first-order valence-electron chi connectivity index (χ1n) is 8.50. The summed E-state index contributed by atoms with van der Waals surface area (Å²) in [5.41, 5.74) is -0.257. The van der Waals surface area contributed by atoms with Crippen molar-refractivity contribution in [2.75, 3.05) is 13.1 Å². The van der Waals surface area contributed by atoms with Crippen LogP contribution in [0.4, 0.5) is 13.6 Å². The fourth-order valence-electron chi connectivity index (χ4n) is 3.90. The molecule has 2 fully saturated rings. The maximum absolute atomic E-state index is 13.3. The van der Waals surface area contributed by atoms with Gasteiger partial charge in [0.05, 0.1) is 0 Å². The molecule has 0 aliphatic carbocycles. The first-order chi connectivity index (χ1) is 12.3. The number of carbonyl (C=O) groups is 2.